The molecule has 2 aliphatic heterocycles. The van der Waals surface area contributed by atoms with Gasteiger partial charge in [-0.25, -0.2) is 13.2 Å². The van der Waals surface area contributed by atoms with E-state index in [1.165, 1.54) is 4.90 Å². The van der Waals surface area contributed by atoms with E-state index in [0.717, 1.165) is 32.2 Å². The van der Waals surface area contributed by atoms with Gasteiger partial charge in [-0.2, -0.15) is 0 Å². The molecule has 6 nitrogen and oxygen atoms in total. The van der Waals surface area contributed by atoms with Crippen molar-refractivity contribution in [2.45, 2.75) is 95.2 Å². The Hall–Kier alpha value is -2.42. The second-order valence-corrected chi connectivity index (χ2v) is 11.0. The highest BCUT2D eigenvalue weighted by molar-refractivity contribution is 6.05. The number of benzene rings is 1. The number of amides is 3. The van der Waals surface area contributed by atoms with Crippen molar-refractivity contribution in [2.24, 2.45) is 11.8 Å². The van der Waals surface area contributed by atoms with Gasteiger partial charge in [-0.15, -0.1) is 0 Å². The predicted octanol–water partition coefficient (Wildman–Crippen LogP) is 4.10. The molecule has 0 aromatic heterocycles. The fourth-order valence-electron chi connectivity index (χ4n) is 6.44. The third-order valence-corrected chi connectivity index (χ3v) is 8.63. The summed E-state index contributed by atoms with van der Waals surface area (Å²) in [5, 5.41) is 5.89. The van der Waals surface area contributed by atoms with Gasteiger partial charge in [-0.05, 0) is 68.5 Å². The highest BCUT2D eigenvalue weighted by Crippen LogP contribution is 2.37. The molecule has 5 rings (SSSR count). The number of imide groups is 1. The molecule has 1 aromatic carbocycles. The summed E-state index contributed by atoms with van der Waals surface area (Å²) in [6.45, 7) is 0.748. The molecule has 2 heterocycles. The predicted molar refractivity (Wildman–Crippen MR) is 127 cm³/mol. The Balaban J connectivity index is 1.24. The summed E-state index contributed by atoms with van der Waals surface area (Å²) in [5.74, 6) is -3.65. The number of hydrogen-bond donors (Lipinski definition) is 2. The normalized spacial score (nSPS) is 28.8. The number of carbonyl (C=O) groups excluding carboxylic acids is 3. The zero-order valence-electron chi connectivity index (χ0n) is 20.5. The number of nitrogens with zero attached hydrogens (tertiary/aromatic N) is 1. The van der Waals surface area contributed by atoms with E-state index in [9.17, 15) is 23.2 Å². The minimum absolute atomic E-state index is 0.0266. The van der Waals surface area contributed by atoms with E-state index in [0.29, 0.717) is 30.4 Å². The van der Waals surface area contributed by atoms with Crippen LogP contribution in [0.15, 0.2) is 12.1 Å². The summed E-state index contributed by atoms with van der Waals surface area (Å²) in [7, 11) is 0. The minimum atomic E-state index is -2.52. The second kappa shape index (κ2) is 10.1. The first-order valence-corrected chi connectivity index (χ1v) is 13.3. The van der Waals surface area contributed by atoms with Crippen LogP contribution in [-0.4, -0.2) is 47.2 Å². The molecule has 3 fully saturated rings. The first kappa shape index (κ1) is 25.2. The Morgan fingerprint density at radius 3 is 2.53 bits per heavy atom. The molecule has 3 amide bonds. The molecular weight excluding hydrogens is 471 g/mol. The lowest BCUT2D eigenvalue weighted by Gasteiger charge is -2.35. The van der Waals surface area contributed by atoms with Crippen molar-refractivity contribution >= 4 is 17.7 Å². The lowest BCUT2D eigenvalue weighted by Crippen LogP contribution is -2.52. The van der Waals surface area contributed by atoms with E-state index in [1.807, 2.05) is 0 Å². The van der Waals surface area contributed by atoms with Gasteiger partial charge in [0.05, 0.1) is 6.54 Å². The summed E-state index contributed by atoms with van der Waals surface area (Å²) >= 11 is 0. The number of rotatable bonds is 6. The van der Waals surface area contributed by atoms with Crippen molar-refractivity contribution in [1.82, 2.24) is 15.5 Å². The molecule has 0 radical (unpaired) electrons. The molecule has 0 bridgehead atoms. The monoisotopic (exact) mass is 505 g/mol. The quantitative estimate of drug-likeness (QED) is 0.571. The molecule has 3 atom stereocenters. The molecule has 4 aliphatic rings. The maximum absolute atomic E-state index is 15.7. The van der Waals surface area contributed by atoms with Gasteiger partial charge in [-0.3, -0.25) is 19.7 Å². The van der Waals surface area contributed by atoms with Crippen LogP contribution in [-0.2, 0) is 22.6 Å². The molecule has 9 heteroatoms. The Bertz CT molecular complexity index is 1040. The molecule has 0 spiro atoms. The summed E-state index contributed by atoms with van der Waals surface area (Å²) in [4.78, 5) is 38.1. The fraction of sp³-hybridized carbons (Fsp3) is 0.667. The van der Waals surface area contributed by atoms with Crippen LogP contribution in [0.25, 0.3) is 0 Å². The highest BCUT2D eigenvalue weighted by atomic mass is 19.3. The maximum Gasteiger partial charge on any atom is 0.255 e. The zero-order chi connectivity index (χ0) is 25.4. The molecule has 2 aliphatic carbocycles. The van der Waals surface area contributed by atoms with Crippen LogP contribution in [0.2, 0.25) is 0 Å². The van der Waals surface area contributed by atoms with Crippen molar-refractivity contribution in [3.05, 3.63) is 34.6 Å². The van der Waals surface area contributed by atoms with Crippen LogP contribution in [0, 0.1) is 17.7 Å². The number of piperidine rings is 1. The molecule has 1 aromatic rings. The standard InChI is InChI=1S/C27H34F3N3O3/c28-24-18(5-6-19-20(24)15-33(26(19)36)22-7-8-23(34)32-25(22)35)13-17-3-1-2-4-21(17)31-14-16-9-11-27(29,30)12-10-16/h5-6,16-17,21-22,31H,1-4,7-15H2,(H,32,34,35)/t17-,21+,22?/m1/s1. The van der Waals surface area contributed by atoms with Crippen molar-refractivity contribution in [3.63, 3.8) is 0 Å². The second-order valence-electron chi connectivity index (χ2n) is 11.0. The van der Waals surface area contributed by atoms with Crippen molar-refractivity contribution in [3.8, 4) is 0 Å². The van der Waals surface area contributed by atoms with Crippen molar-refractivity contribution < 1.29 is 27.6 Å². The van der Waals surface area contributed by atoms with Crippen LogP contribution in [0.4, 0.5) is 13.2 Å². The van der Waals surface area contributed by atoms with E-state index in [2.05, 4.69) is 10.6 Å². The lowest BCUT2D eigenvalue weighted by molar-refractivity contribution is -0.136. The van der Waals surface area contributed by atoms with Gasteiger partial charge < -0.3 is 10.2 Å². The Morgan fingerprint density at radius 2 is 1.78 bits per heavy atom. The van der Waals surface area contributed by atoms with Gasteiger partial charge in [0.2, 0.25) is 17.7 Å². The number of halogens is 3. The first-order chi connectivity index (χ1) is 17.2. The molecule has 36 heavy (non-hydrogen) atoms. The van der Waals surface area contributed by atoms with E-state index >= 15 is 4.39 Å². The number of fused-ring (bicyclic) bond motifs is 1. The summed E-state index contributed by atoms with van der Waals surface area (Å²) < 4.78 is 42.6. The Morgan fingerprint density at radius 1 is 1.03 bits per heavy atom. The third-order valence-electron chi connectivity index (χ3n) is 8.63. The van der Waals surface area contributed by atoms with Gasteiger partial charge >= 0.3 is 0 Å². The van der Waals surface area contributed by atoms with Crippen molar-refractivity contribution in [2.75, 3.05) is 6.54 Å². The first-order valence-electron chi connectivity index (χ1n) is 13.3. The summed E-state index contributed by atoms with van der Waals surface area (Å²) in [5.41, 5.74) is 1.18. The van der Waals surface area contributed by atoms with Crippen molar-refractivity contribution in [1.29, 1.82) is 0 Å². The maximum atomic E-state index is 15.7. The molecule has 2 saturated carbocycles. The van der Waals surface area contributed by atoms with Gasteiger partial charge in [-0.1, -0.05) is 18.9 Å². The van der Waals surface area contributed by atoms with Crippen LogP contribution >= 0.6 is 0 Å². The highest BCUT2D eigenvalue weighted by Gasteiger charge is 2.41. The number of nitrogens with one attached hydrogen (secondary N) is 2. The molecule has 1 saturated heterocycles. The Labute approximate surface area is 209 Å². The van der Waals surface area contributed by atoms with E-state index < -0.39 is 17.9 Å². The SMILES string of the molecule is O=C1CCC(N2Cc3c(ccc(C[C@H]4CCCC[C@@H]4NCC4CCC(F)(F)CC4)c3F)C2=O)C(=O)N1. The van der Waals surface area contributed by atoms with Crippen LogP contribution in [0.1, 0.15) is 85.7 Å². The van der Waals surface area contributed by atoms with E-state index in [-0.39, 0.29) is 73.3 Å². The number of carbonyl (C=O) groups is 3. The lowest BCUT2D eigenvalue weighted by atomic mass is 9.79. The van der Waals surface area contributed by atoms with Gasteiger partial charge in [0, 0.05) is 36.4 Å². The summed E-state index contributed by atoms with van der Waals surface area (Å²) in [6.07, 6.45) is 6.07. The van der Waals surface area contributed by atoms with Crippen LogP contribution in [0.5, 0.6) is 0 Å². The van der Waals surface area contributed by atoms with Crippen LogP contribution in [0.3, 0.4) is 0 Å². The largest absolute Gasteiger partial charge is 0.322 e. The van der Waals surface area contributed by atoms with E-state index in [1.54, 1.807) is 12.1 Å². The summed E-state index contributed by atoms with van der Waals surface area (Å²) in [6, 6.07) is 2.80. The molecule has 196 valence electrons. The molecule has 1 unspecified atom stereocenters. The molecular formula is C27H34F3N3O3. The van der Waals surface area contributed by atoms with Crippen LogP contribution < -0.4 is 10.6 Å². The topological polar surface area (TPSA) is 78.5 Å². The smallest absolute Gasteiger partial charge is 0.255 e. The molecule has 2 N–H and O–H groups in total. The Kier molecular flexibility index (Phi) is 7.12. The van der Waals surface area contributed by atoms with Gasteiger partial charge in [0.25, 0.3) is 5.91 Å². The number of hydrogen-bond acceptors (Lipinski definition) is 4. The fourth-order valence-corrected chi connectivity index (χ4v) is 6.44. The van der Waals surface area contributed by atoms with Gasteiger partial charge in [0.15, 0.2) is 0 Å². The number of alkyl halides is 2. The van der Waals surface area contributed by atoms with Gasteiger partial charge in [0.1, 0.15) is 11.9 Å². The zero-order valence-corrected chi connectivity index (χ0v) is 20.5. The van der Waals surface area contributed by atoms with E-state index in [4.69, 9.17) is 0 Å². The average molecular weight is 506 g/mol. The average Bonchev–Trinajstić information content (AvgIpc) is 3.18. The minimum Gasteiger partial charge on any atom is -0.322 e. The third kappa shape index (κ3) is 5.17.